The number of halogens is 1. The highest BCUT2D eigenvalue weighted by Gasteiger charge is 2.03. The molecule has 19 heavy (non-hydrogen) atoms. The first-order valence-corrected chi connectivity index (χ1v) is 6.95. The Morgan fingerprint density at radius 1 is 1.37 bits per heavy atom. The molecule has 102 valence electrons. The van der Waals surface area contributed by atoms with Crippen molar-refractivity contribution in [3.63, 3.8) is 0 Å². The first-order chi connectivity index (χ1) is 9.06. The highest BCUT2D eigenvalue weighted by Crippen LogP contribution is 2.16. The van der Waals surface area contributed by atoms with E-state index >= 15 is 0 Å². The molecule has 0 unspecified atom stereocenters. The lowest BCUT2D eigenvalue weighted by molar-refractivity contribution is 0.551. The van der Waals surface area contributed by atoms with Gasteiger partial charge in [0.1, 0.15) is 0 Å². The molecule has 0 aliphatic carbocycles. The van der Waals surface area contributed by atoms with Crippen LogP contribution >= 0.6 is 11.6 Å². The third kappa shape index (κ3) is 3.82. The van der Waals surface area contributed by atoms with Gasteiger partial charge in [0.05, 0.1) is 16.9 Å². The standard InChI is InChI=1S/C15H20ClN3/c1-11(2)7-17-8-13-4-5-15(6-12(13)3)19-10-14(16)9-18-19/h4-6,9-11,17H,7-8H2,1-3H3. The number of aryl methyl sites for hydroxylation is 1. The Bertz CT molecular complexity index is 546. The summed E-state index contributed by atoms with van der Waals surface area (Å²) in [6.45, 7) is 8.50. The molecule has 0 bridgehead atoms. The topological polar surface area (TPSA) is 29.9 Å². The van der Waals surface area contributed by atoms with Crippen LogP contribution < -0.4 is 5.32 Å². The highest BCUT2D eigenvalue weighted by atomic mass is 35.5. The molecule has 2 rings (SSSR count). The Labute approximate surface area is 119 Å². The van der Waals surface area contributed by atoms with Crippen molar-refractivity contribution in [2.24, 2.45) is 5.92 Å². The lowest BCUT2D eigenvalue weighted by atomic mass is 10.1. The van der Waals surface area contributed by atoms with Crippen LogP contribution in [0, 0.1) is 12.8 Å². The maximum atomic E-state index is 5.89. The van der Waals surface area contributed by atoms with Crippen LogP contribution in [0.3, 0.4) is 0 Å². The van der Waals surface area contributed by atoms with E-state index in [9.17, 15) is 0 Å². The molecular formula is C15H20ClN3. The number of nitrogens with zero attached hydrogens (tertiary/aromatic N) is 2. The van der Waals surface area contributed by atoms with Crippen LogP contribution in [0.25, 0.3) is 5.69 Å². The van der Waals surface area contributed by atoms with Crippen molar-refractivity contribution < 1.29 is 0 Å². The molecule has 0 aliphatic heterocycles. The molecule has 0 fully saturated rings. The van der Waals surface area contributed by atoms with Gasteiger partial charge in [-0.05, 0) is 42.6 Å². The lowest BCUT2D eigenvalue weighted by Gasteiger charge is -2.11. The smallest absolute Gasteiger partial charge is 0.0790 e. The normalized spacial score (nSPS) is 11.2. The summed E-state index contributed by atoms with van der Waals surface area (Å²) in [5.74, 6) is 0.672. The summed E-state index contributed by atoms with van der Waals surface area (Å²) in [5.41, 5.74) is 3.63. The second kappa shape index (κ2) is 6.22. The molecule has 1 aromatic heterocycles. The van der Waals surface area contributed by atoms with Crippen LogP contribution in [0.4, 0.5) is 0 Å². The van der Waals surface area contributed by atoms with Gasteiger partial charge in [-0.3, -0.25) is 0 Å². The first-order valence-electron chi connectivity index (χ1n) is 6.57. The summed E-state index contributed by atoms with van der Waals surface area (Å²) in [6, 6.07) is 6.35. The van der Waals surface area contributed by atoms with Crippen molar-refractivity contribution in [3.05, 3.63) is 46.7 Å². The quantitative estimate of drug-likeness (QED) is 0.905. The summed E-state index contributed by atoms with van der Waals surface area (Å²) >= 11 is 5.89. The molecule has 1 heterocycles. The number of hydrogen-bond acceptors (Lipinski definition) is 2. The van der Waals surface area contributed by atoms with Crippen LogP contribution in [0.1, 0.15) is 25.0 Å². The van der Waals surface area contributed by atoms with Crippen molar-refractivity contribution in [2.45, 2.75) is 27.3 Å². The largest absolute Gasteiger partial charge is 0.312 e. The fourth-order valence-electron chi connectivity index (χ4n) is 1.96. The minimum absolute atomic E-state index is 0.653. The van der Waals surface area contributed by atoms with Gasteiger partial charge < -0.3 is 5.32 Å². The van der Waals surface area contributed by atoms with Crippen molar-refractivity contribution in [1.82, 2.24) is 15.1 Å². The third-order valence-electron chi connectivity index (χ3n) is 3.01. The van der Waals surface area contributed by atoms with E-state index in [1.54, 1.807) is 10.9 Å². The van der Waals surface area contributed by atoms with E-state index in [1.165, 1.54) is 11.1 Å². The van der Waals surface area contributed by atoms with Gasteiger partial charge in [-0.15, -0.1) is 0 Å². The van der Waals surface area contributed by atoms with Gasteiger partial charge in [0.2, 0.25) is 0 Å². The van der Waals surface area contributed by atoms with Crippen LogP contribution in [-0.4, -0.2) is 16.3 Å². The van der Waals surface area contributed by atoms with Gasteiger partial charge in [-0.2, -0.15) is 5.10 Å². The SMILES string of the molecule is Cc1cc(-n2cc(Cl)cn2)ccc1CNCC(C)C. The molecule has 1 aromatic carbocycles. The van der Waals surface area contributed by atoms with Crippen LogP contribution in [0.2, 0.25) is 5.02 Å². The summed E-state index contributed by atoms with van der Waals surface area (Å²) in [7, 11) is 0. The van der Waals surface area contributed by atoms with E-state index in [0.717, 1.165) is 18.8 Å². The Morgan fingerprint density at radius 2 is 2.16 bits per heavy atom. The van der Waals surface area contributed by atoms with Gasteiger partial charge in [-0.1, -0.05) is 31.5 Å². The van der Waals surface area contributed by atoms with Crippen LogP contribution in [-0.2, 0) is 6.54 Å². The molecule has 0 amide bonds. The van der Waals surface area contributed by atoms with Gasteiger partial charge >= 0.3 is 0 Å². The summed E-state index contributed by atoms with van der Waals surface area (Å²) in [4.78, 5) is 0. The van der Waals surface area contributed by atoms with Gasteiger partial charge in [0.25, 0.3) is 0 Å². The molecule has 0 saturated carbocycles. The minimum atomic E-state index is 0.653. The first kappa shape index (κ1) is 14.1. The van der Waals surface area contributed by atoms with Crippen molar-refractivity contribution in [1.29, 1.82) is 0 Å². The van der Waals surface area contributed by atoms with E-state index in [-0.39, 0.29) is 0 Å². The predicted octanol–water partition coefficient (Wildman–Crippen LogP) is 3.58. The predicted molar refractivity (Wildman–Crippen MR) is 79.9 cm³/mol. The monoisotopic (exact) mass is 277 g/mol. The van der Waals surface area contributed by atoms with Crippen molar-refractivity contribution >= 4 is 11.6 Å². The molecule has 0 atom stereocenters. The average Bonchev–Trinajstić information content (AvgIpc) is 2.77. The summed E-state index contributed by atoms with van der Waals surface area (Å²) in [6.07, 6.45) is 3.46. The Morgan fingerprint density at radius 3 is 2.74 bits per heavy atom. The maximum Gasteiger partial charge on any atom is 0.0790 e. The molecule has 0 saturated heterocycles. The fourth-order valence-corrected chi connectivity index (χ4v) is 2.09. The maximum absolute atomic E-state index is 5.89. The summed E-state index contributed by atoms with van der Waals surface area (Å²) < 4.78 is 1.79. The number of nitrogens with one attached hydrogen (secondary N) is 1. The fraction of sp³-hybridized carbons (Fsp3) is 0.400. The highest BCUT2D eigenvalue weighted by molar-refractivity contribution is 6.30. The molecule has 2 aromatic rings. The van der Waals surface area contributed by atoms with E-state index in [4.69, 9.17) is 11.6 Å². The number of aromatic nitrogens is 2. The molecular weight excluding hydrogens is 258 g/mol. The second-order valence-electron chi connectivity index (χ2n) is 5.24. The number of benzene rings is 1. The van der Waals surface area contributed by atoms with Crippen LogP contribution in [0.15, 0.2) is 30.6 Å². The molecule has 3 nitrogen and oxygen atoms in total. The molecule has 0 radical (unpaired) electrons. The molecule has 1 N–H and O–H groups in total. The van der Waals surface area contributed by atoms with E-state index in [1.807, 2.05) is 6.20 Å². The van der Waals surface area contributed by atoms with E-state index in [0.29, 0.717) is 10.9 Å². The van der Waals surface area contributed by atoms with Gasteiger partial charge in [0, 0.05) is 12.7 Å². The molecule has 0 spiro atoms. The van der Waals surface area contributed by atoms with Crippen molar-refractivity contribution in [2.75, 3.05) is 6.54 Å². The minimum Gasteiger partial charge on any atom is -0.312 e. The zero-order valence-electron chi connectivity index (χ0n) is 11.7. The molecule has 4 heteroatoms. The average molecular weight is 278 g/mol. The lowest BCUT2D eigenvalue weighted by Crippen LogP contribution is -2.19. The Balaban J connectivity index is 2.09. The van der Waals surface area contributed by atoms with Crippen LogP contribution in [0.5, 0.6) is 0 Å². The zero-order chi connectivity index (χ0) is 13.8. The van der Waals surface area contributed by atoms with Gasteiger partial charge in [-0.25, -0.2) is 4.68 Å². The molecule has 0 aliphatic rings. The number of rotatable bonds is 5. The van der Waals surface area contributed by atoms with E-state index < -0.39 is 0 Å². The van der Waals surface area contributed by atoms with E-state index in [2.05, 4.69) is 49.4 Å². The summed E-state index contributed by atoms with van der Waals surface area (Å²) in [5, 5.41) is 8.33. The Hall–Kier alpha value is -1.32. The second-order valence-corrected chi connectivity index (χ2v) is 5.68. The zero-order valence-corrected chi connectivity index (χ0v) is 12.4. The van der Waals surface area contributed by atoms with Crippen molar-refractivity contribution in [3.8, 4) is 5.69 Å². The number of hydrogen-bond donors (Lipinski definition) is 1. The van der Waals surface area contributed by atoms with Gasteiger partial charge in [0.15, 0.2) is 0 Å². The Kier molecular flexibility index (Phi) is 4.61. The third-order valence-corrected chi connectivity index (χ3v) is 3.21.